The maximum atomic E-state index is 11.7. The number of rotatable bonds is 3. The number of hydrogen-bond acceptors (Lipinski definition) is 3. The fourth-order valence-electron chi connectivity index (χ4n) is 0.982. The molecule has 0 heterocycles. The molecule has 84 valence electrons. The third kappa shape index (κ3) is 3.86. The molecule has 0 fully saturated rings. The van der Waals surface area contributed by atoms with Crippen molar-refractivity contribution in [1.29, 1.82) is 0 Å². The Morgan fingerprint density at radius 3 is 2.00 bits per heavy atom. The van der Waals surface area contributed by atoms with Crippen LogP contribution in [0.15, 0.2) is 32.0 Å². The molecule has 1 rings (SSSR count). The molecule has 6 heteroatoms. The van der Waals surface area contributed by atoms with Gasteiger partial charge in [0.2, 0.25) is 0 Å². The van der Waals surface area contributed by atoms with E-state index in [9.17, 15) is 8.42 Å². The highest BCUT2D eigenvalue weighted by atomic mass is 79.9. The summed E-state index contributed by atoms with van der Waals surface area (Å²) in [4.78, 5) is 0.137. The summed E-state index contributed by atoms with van der Waals surface area (Å²) < 4.78 is 29.6. The van der Waals surface area contributed by atoms with E-state index in [1.165, 1.54) is 12.1 Å². The summed E-state index contributed by atoms with van der Waals surface area (Å²) in [5.74, 6) is 0. The monoisotopic (exact) mass is 356 g/mol. The van der Waals surface area contributed by atoms with Gasteiger partial charge in [-0.05, 0) is 32.0 Å². The number of halogens is 2. The second-order valence-electron chi connectivity index (χ2n) is 3.20. The first kappa shape index (κ1) is 13.2. The summed E-state index contributed by atoms with van der Waals surface area (Å²) in [6.45, 7) is 3.34. The van der Waals surface area contributed by atoms with Crippen molar-refractivity contribution in [3.05, 3.63) is 27.1 Å². The Bertz CT molecular complexity index is 434. The third-order valence-corrected chi connectivity index (χ3v) is 3.81. The highest BCUT2D eigenvalue weighted by Crippen LogP contribution is 2.24. The largest absolute Gasteiger partial charge is 0.297 e. The molecule has 0 aliphatic rings. The average Bonchev–Trinajstić information content (AvgIpc) is 1.99. The van der Waals surface area contributed by atoms with E-state index < -0.39 is 10.1 Å². The summed E-state index contributed by atoms with van der Waals surface area (Å²) in [6.07, 6.45) is -0.368. The highest BCUT2D eigenvalue weighted by Gasteiger charge is 2.17. The molecule has 0 amide bonds. The molecule has 3 nitrogen and oxygen atoms in total. The molecular formula is C9H10Br2O3S. The standard InChI is InChI=1S/C9H10Br2O3S/c1-6(2)14-15(12,13)9-4-7(10)3-8(11)5-9/h3-6H,1-2H3. The van der Waals surface area contributed by atoms with E-state index in [1.54, 1.807) is 19.9 Å². The van der Waals surface area contributed by atoms with Gasteiger partial charge in [-0.3, -0.25) is 4.18 Å². The number of benzene rings is 1. The van der Waals surface area contributed by atoms with Crippen molar-refractivity contribution in [2.45, 2.75) is 24.8 Å². The zero-order valence-corrected chi connectivity index (χ0v) is 12.2. The second kappa shape index (κ2) is 4.95. The highest BCUT2D eigenvalue weighted by molar-refractivity contribution is 9.11. The molecule has 1 aromatic rings. The first-order chi connectivity index (χ1) is 6.81. The van der Waals surface area contributed by atoms with Gasteiger partial charge in [-0.15, -0.1) is 0 Å². The first-order valence-corrected chi connectivity index (χ1v) is 7.20. The third-order valence-electron chi connectivity index (χ3n) is 1.44. The van der Waals surface area contributed by atoms with Gasteiger partial charge in [0, 0.05) is 8.95 Å². The SMILES string of the molecule is CC(C)OS(=O)(=O)c1cc(Br)cc(Br)c1. The lowest BCUT2D eigenvalue weighted by atomic mass is 10.4. The van der Waals surface area contributed by atoms with E-state index in [4.69, 9.17) is 4.18 Å². The Hall–Kier alpha value is 0.0900. The average molecular weight is 358 g/mol. The van der Waals surface area contributed by atoms with Crippen LogP contribution in [0.2, 0.25) is 0 Å². The van der Waals surface area contributed by atoms with Crippen LogP contribution in [-0.2, 0) is 14.3 Å². The van der Waals surface area contributed by atoms with Crippen molar-refractivity contribution in [1.82, 2.24) is 0 Å². The molecule has 0 N–H and O–H groups in total. The molecule has 0 spiro atoms. The fourth-order valence-corrected chi connectivity index (χ4v) is 3.74. The van der Waals surface area contributed by atoms with Crippen LogP contribution in [0.1, 0.15) is 13.8 Å². The Balaban J connectivity index is 3.16. The lowest BCUT2D eigenvalue weighted by Crippen LogP contribution is -2.12. The van der Waals surface area contributed by atoms with Gasteiger partial charge in [0.05, 0.1) is 11.0 Å². The van der Waals surface area contributed by atoms with Gasteiger partial charge in [0.25, 0.3) is 10.1 Å². The Labute approximate surface area is 106 Å². The smallest absolute Gasteiger partial charge is 0.264 e. The lowest BCUT2D eigenvalue weighted by Gasteiger charge is -2.08. The van der Waals surface area contributed by atoms with E-state index in [0.29, 0.717) is 8.95 Å². The molecule has 0 aromatic heterocycles. The molecule has 0 aliphatic heterocycles. The fraction of sp³-hybridized carbons (Fsp3) is 0.333. The zero-order chi connectivity index (χ0) is 11.6. The van der Waals surface area contributed by atoms with Gasteiger partial charge in [-0.1, -0.05) is 31.9 Å². The van der Waals surface area contributed by atoms with Crippen molar-refractivity contribution in [3.63, 3.8) is 0 Å². The molecular weight excluding hydrogens is 348 g/mol. The molecule has 1 aromatic carbocycles. The summed E-state index contributed by atoms with van der Waals surface area (Å²) in [7, 11) is -3.66. The van der Waals surface area contributed by atoms with Crippen LogP contribution in [0.5, 0.6) is 0 Å². The van der Waals surface area contributed by atoms with Gasteiger partial charge in [-0.25, -0.2) is 0 Å². The summed E-state index contributed by atoms with van der Waals surface area (Å²) >= 11 is 6.44. The molecule has 0 aliphatic carbocycles. The van der Waals surface area contributed by atoms with Crippen LogP contribution in [0.3, 0.4) is 0 Å². The van der Waals surface area contributed by atoms with Crippen molar-refractivity contribution in [3.8, 4) is 0 Å². The van der Waals surface area contributed by atoms with Gasteiger partial charge >= 0.3 is 0 Å². The molecule has 0 unspecified atom stereocenters. The van der Waals surface area contributed by atoms with E-state index >= 15 is 0 Å². The lowest BCUT2D eigenvalue weighted by molar-refractivity contribution is 0.249. The van der Waals surface area contributed by atoms with E-state index in [-0.39, 0.29) is 11.0 Å². The van der Waals surface area contributed by atoms with Crippen LogP contribution in [0.25, 0.3) is 0 Å². The van der Waals surface area contributed by atoms with Gasteiger partial charge in [0.1, 0.15) is 0 Å². The minimum Gasteiger partial charge on any atom is -0.264 e. The quantitative estimate of drug-likeness (QED) is 0.779. The maximum Gasteiger partial charge on any atom is 0.297 e. The molecule has 15 heavy (non-hydrogen) atoms. The van der Waals surface area contributed by atoms with Crippen LogP contribution < -0.4 is 0 Å². The Kier molecular flexibility index (Phi) is 4.34. The van der Waals surface area contributed by atoms with Gasteiger partial charge < -0.3 is 0 Å². The summed E-state index contributed by atoms with van der Waals surface area (Å²) in [6, 6.07) is 4.76. The Morgan fingerprint density at radius 1 is 1.13 bits per heavy atom. The van der Waals surface area contributed by atoms with Crippen LogP contribution in [-0.4, -0.2) is 14.5 Å². The predicted octanol–water partition coefficient (Wildman–Crippen LogP) is 3.33. The zero-order valence-electron chi connectivity index (χ0n) is 8.20. The topological polar surface area (TPSA) is 43.4 Å². The van der Waals surface area contributed by atoms with Gasteiger partial charge in [0.15, 0.2) is 0 Å². The summed E-state index contributed by atoms with van der Waals surface area (Å²) in [5, 5.41) is 0. The maximum absolute atomic E-state index is 11.7. The van der Waals surface area contributed by atoms with Crippen LogP contribution >= 0.6 is 31.9 Å². The number of hydrogen-bond donors (Lipinski definition) is 0. The molecule has 0 saturated heterocycles. The van der Waals surface area contributed by atoms with Crippen LogP contribution in [0, 0.1) is 0 Å². The normalized spacial score (nSPS) is 12.1. The van der Waals surface area contributed by atoms with Crippen LogP contribution in [0.4, 0.5) is 0 Å². The minimum atomic E-state index is -3.66. The van der Waals surface area contributed by atoms with E-state index in [2.05, 4.69) is 31.9 Å². The minimum absolute atomic E-state index is 0.137. The predicted molar refractivity (Wildman–Crippen MR) is 65.2 cm³/mol. The second-order valence-corrected chi connectivity index (χ2v) is 6.61. The summed E-state index contributed by atoms with van der Waals surface area (Å²) in [5.41, 5.74) is 0. The van der Waals surface area contributed by atoms with Crippen molar-refractivity contribution >= 4 is 42.0 Å². The van der Waals surface area contributed by atoms with Crippen molar-refractivity contribution in [2.24, 2.45) is 0 Å². The van der Waals surface area contributed by atoms with Crippen molar-refractivity contribution in [2.75, 3.05) is 0 Å². The molecule has 0 radical (unpaired) electrons. The van der Waals surface area contributed by atoms with E-state index in [1.807, 2.05) is 0 Å². The first-order valence-electron chi connectivity index (χ1n) is 4.20. The molecule has 0 atom stereocenters. The Morgan fingerprint density at radius 2 is 1.60 bits per heavy atom. The molecule has 0 saturated carbocycles. The molecule has 0 bridgehead atoms. The van der Waals surface area contributed by atoms with Gasteiger partial charge in [-0.2, -0.15) is 8.42 Å². The van der Waals surface area contributed by atoms with Crippen molar-refractivity contribution < 1.29 is 12.6 Å². The van der Waals surface area contributed by atoms with E-state index in [0.717, 1.165) is 0 Å².